The number of hydrogen-bond donors (Lipinski definition) is 0. The second-order valence-electron chi connectivity index (χ2n) is 4.15. The summed E-state index contributed by atoms with van der Waals surface area (Å²) in [5, 5.41) is 8.68. The van der Waals surface area contributed by atoms with E-state index < -0.39 is 5.82 Å². The molecule has 0 aliphatic carbocycles. The summed E-state index contributed by atoms with van der Waals surface area (Å²) in [6.07, 6.45) is 0.0742. The Balaban J connectivity index is 2.72. The Labute approximate surface area is 95.7 Å². The van der Waals surface area contributed by atoms with Crippen LogP contribution in [-0.2, 0) is 11.3 Å². The third-order valence-electron chi connectivity index (χ3n) is 2.64. The van der Waals surface area contributed by atoms with Crippen LogP contribution in [0, 0.1) is 23.1 Å². The molecule has 3 heteroatoms. The number of ether oxygens (including phenoxy) is 1. The monoisotopic (exact) mass is 221 g/mol. The van der Waals surface area contributed by atoms with Crippen molar-refractivity contribution in [3.05, 3.63) is 35.1 Å². The molecule has 1 aromatic carbocycles. The highest BCUT2D eigenvalue weighted by atomic mass is 19.1. The van der Waals surface area contributed by atoms with Crippen molar-refractivity contribution < 1.29 is 9.13 Å². The smallest absolute Gasteiger partial charge is 0.146 e. The zero-order chi connectivity index (χ0) is 12.1. The van der Waals surface area contributed by atoms with Crippen LogP contribution in [0.2, 0.25) is 0 Å². The van der Waals surface area contributed by atoms with E-state index in [0.29, 0.717) is 11.5 Å². The van der Waals surface area contributed by atoms with E-state index in [2.05, 4.69) is 0 Å². The van der Waals surface area contributed by atoms with Crippen LogP contribution in [0.15, 0.2) is 18.2 Å². The van der Waals surface area contributed by atoms with Crippen LogP contribution in [0.25, 0.3) is 0 Å². The first-order chi connectivity index (χ1) is 7.56. The van der Waals surface area contributed by atoms with Crippen molar-refractivity contribution >= 4 is 0 Å². The molecule has 0 N–H and O–H groups in total. The molecule has 1 rings (SSSR count). The summed E-state index contributed by atoms with van der Waals surface area (Å²) in [5.74, 6) is -0.0804. The van der Waals surface area contributed by atoms with Crippen LogP contribution >= 0.6 is 0 Å². The van der Waals surface area contributed by atoms with Gasteiger partial charge in [-0.15, -0.1) is 0 Å². The van der Waals surface area contributed by atoms with Crippen molar-refractivity contribution in [3.63, 3.8) is 0 Å². The fourth-order valence-electron chi connectivity index (χ4n) is 1.19. The van der Waals surface area contributed by atoms with Crippen molar-refractivity contribution in [3.8, 4) is 6.07 Å². The van der Waals surface area contributed by atoms with Gasteiger partial charge in [-0.2, -0.15) is 5.26 Å². The Kier molecular flexibility index (Phi) is 4.45. The number of nitrogens with zero attached hydrogens (tertiary/aromatic N) is 1. The number of rotatable bonds is 4. The van der Waals surface area contributed by atoms with Gasteiger partial charge in [0.25, 0.3) is 0 Å². The van der Waals surface area contributed by atoms with E-state index in [1.165, 1.54) is 6.07 Å². The summed E-state index contributed by atoms with van der Waals surface area (Å²) < 4.78 is 19.1. The van der Waals surface area contributed by atoms with Gasteiger partial charge in [-0.25, -0.2) is 4.39 Å². The maximum atomic E-state index is 13.6. The molecule has 1 unspecified atom stereocenters. The fraction of sp³-hybridized carbons (Fsp3) is 0.462. The van der Waals surface area contributed by atoms with Crippen LogP contribution in [-0.4, -0.2) is 6.10 Å². The van der Waals surface area contributed by atoms with Gasteiger partial charge in [-0.1, -0.05) is 26.0 Å². The minimum absolute atomic E-state index is 0.0679. The third-order valence-corrected chi connectivity index (χ3v) is 2.64. The molecule has 0 radical (unpaired) electrons. The molecule has 0 aliphatic heterocycles. The molecule has 2 nitrogen and oxygen atoms in total. The lowest BCUT2D eigenvalue weighted by atomic mass is 10.1. The lowest BCUT2D eigenvalue weighted by molar-refractivity contribution is 0.0221. The quantitative estimate of drug-likeness (QED) is 0.781. The van der Waals surface area contributed by atoms with E-state index in [4.69, 9.17) is 10.00 Å². The zero-order valence-corrected chi connectivity index (χ0v) is 9.83. The maximum absolute atomic E-state index is 13.6. The molecule has 16 heavy (non-hydrogen) atoms. The van der Waals surface area contributed by atoms with Gasteiger partial charge >= 0.3 is 0 Å². The van der Waals surface area contributed by atoms with Crippen molar-refractivity contribution in [2.24, 2.45) is 5.92 Å². The molecule has 0 aliphatic rings. The second-order valence-corrected chi connectivity index (χ2v) is 4.15. The van der Waals surface area contributed by atoms with Gasteiger partial charge < -0.3 is 4.74 Å². The highest BCUT2D eigenvalue weighted by Gasteiger charge is 2.11. The molecule has 0 bridgehead atoms. The Morgan fingerprint density at radius 3 is 2.62 bits per heavy atom. The summed E-state index contributed by atoms with van der Waals surface area (Å²) in [4.78, 5) is 0. The highest BCUT2D eigenvalue weighted by molar-refractivity contribution is 5.34. The van der Waals surface area contributed by atoms with E-state index in [9.17, 15) is 4.39 Å². The summed E-state index contributed by atoms with van der Waals surface area (Å²) in [6.45, 7) is 6.26. The van der Waals surface area contributed by atoms with Crippen LogP contribution < -0.4 is 0 Å². The van der Waals surface area contributed by atoms with Crippen LogP contribution in [0.3, 0.4) is 0 Å². The Morgan fingerprint density at radius 1 is 1.38 bits per heavy atom. The molecule has 0 saturated heterocycles. The van der Waals surface area contributed by atoms with E-state index in [1.807, 2.05) is 26.8 Å². The Morgan fingerprint density at radius 2 is 2.06 bits per heavy atom. The van der Waals surface area contributed by atoms with Crippen molar-refractivity contribution in [2.45, 2.75) is 33.5 Å². The average molecular weight is 221 g/mol. The zero-order valence-electron chi connectivity index (χ0n) is 9.83. The minimum Gasteiger partial charge on any atom is -0.373 e. The molecule has 1 atom stereocenters. The fourth-order valence-corrected chi connectivity index (χ4v) is 1.19. The van der Waals surface area contributed by atoms with E-state index >= 15 is 0 Å². The van der Waals surface area contributed by atoms with Crippen molar-refractivity contribution in [2.75, 3.05) is 0 Å². The molecule has 0 saturated carbocycles. The van der Waals surface area contributed by atoms with Gasteiger partial charge in [0.2, 0.25) is 0 Å². The first kappa shape index (κ1) is 12.7. The lowest BCUT2D eigenvalue weighted by Crippen LogP contribution is -2.15. The predicted molar refractivity (Wildman–Crippen MR) is 60.2 cm³/mol. The van der Waals surface area contributed by atoms with Gasteiger partial charge in [-0.05, 0) is 18.9 Å². The standard InChI is InChI=1S/C13H16FNO/c1-9(2)10(3)16-8-12-6-4-5-11(7-15)13(12)14/h4-6,9-10H,8H2,1-3H3. The largest absolute Gasteiger partial charge is 0.373 e. The van der Waals surface area contributed by atoms with Crippen LogP contribution in [0.1, 0.15) is 31.9 Å². The summed E-state index contributed by atoms with van der Waals surface area (Å²) >= 11 is 0. The Bertz CT molecular complexity index is 395. The van der Waals surface area contributed by atoms with Crippen LogP contribution in [0.4, 0.5) is 4.39 Å². The van der Waals surface area contributed by atoms with Gasteiger partial charge in [0, 0.05) is 5.56 Å². The number of halogens is 1. The lowest BCUT2D eigenvalue weighted by Gasteiger charge is -2.16. The third kappa shape index (κ3) is 3.04. The average Bonchev–Trinajstić information content (AvgIpc) is 2.27. The first-order valence-electron chi connectivity index (χ1n) is 5.35. The number of hydrogen-bond acceptors (Lipinski definition) is 2. The second kappa shape index (κ2) is 5.62. The van der Waals surface area contributed by atoms with Gasteiger partial charge in [-0.3, -0.25) is 0 Å². The molecule has 1 aromatic rings. The molecule has 86 valence electrons. The highest BCUT2D eigenvalue weighted by Crippen LogP contribution is 2.15. The Hall–Kier alpha value is -1.40. The van der Waals surface area contributed by atoms with Crippen molar-refractivity contribution in [1.82, 2.24) is 0 Å². The van der Waals surface area contributed by atoms with Gasteiger partial charge in [0.15, 0.2) is 0 Å². The molecular weight excluding hydrogens is 205 g/mol. The maximum Gasteiger partial charge on any atom is 0.146 e. The molecule has 0 fully saturated rings. The molecule has 0 aromatic heterocycles. The summed E-state index contributed by atoms with van der Waals surface area (Å²) in [5.41, 5.74) is 0.504. The van der Waals surface area contributed by atoms with Crippen molar-refractivity contribution in [1.29, 1.82) is 5.26 Å². The molecule has 0 amide bonds. The molecule has 0 heterocycles. The topological polar surface area (TPSA) is 33.0 Å². The van der Waals surface area contributed by atoms with E-state index in [0.717, 1.165) is 0 Å². The van der Waals surface area contributed by atoms with Gasteiger partial charge in [0.05, 0.1) is 18.3 Å². The van der Waals surface area contributed by atoms with E-state index in [1.54, 1.807) is 12.1 Å². The summed E-state index contributed by atoms with van der Waals surface area (Å²) in [6, 6.07) is 6.59. The predicted octanol–water partition coefficient (Wildman–Crippen LogP) is 3.26. The van der Waals surface area contributed by atoms with Crippen LogP contribution in [0.5, 0.6) is 0 Å². The summed E-state index contributed by atoms with van der Waals surface area (Å²) in [7, 11) is 0. The normalized spacial score (nSPS) is 12.5. The molecular formula is C13H16FNO. The molecule has 0 spiro atoms. The first-order valence-corrected chi connectivity index (χ1v) is 5.35. The van der Waals surface area contributed by atoms with E-state index in [-0.39, 0.29) is 18.3 Å². The number of nitriles is 1. The minimum atomic E-state index is -0.471. The number of benzene rings is 1. The van der Waals surface area contributed by atoms with Gasteiger partial charge in [0.1, 0.15) is 11.9 Å². The SMILES string of the molecule is CC(C)C(C)OCc1cccc(C#N)c1F.